The number of fused-ring (bicyclic) bond motifs is 7. The Morgan fingerprint density at radius 3 is 2.04 bits per heavy atom. The summed E-state index contributed by atoms with van der Waals surface area (Å²) in [5.74, 6) is -3.36. The van der Waals surface area contributed by atoms with E-state index in [-0.39, 0.29) is 36.0 Å². The summed E-state index contributed by atoms with van der Waals surface area (Å²) in [6, 6.07) is 0. The first-order chi connectivity index (χ1) is 31.3. The largest absolute Gasteiger partial charge is 0.481 e. The van der Waals surface area contributed by atoms with Crippen LogP contribution in [0.3, 0.4) is 0 Å². The maximum Gasteiger partial charge on any atom is 0.335 e. The number of carbonyl (C=O) groups excluding carboxylic acids is 1. The number of hydrogen-bond acceptors (Lipinski definition) is 18. The number of aliphatic hydroxyl groups excluding tert-OH is 9. The van der Waals surface area contributed by atoms with Crippen LogP contribution in [0.25, 0.3) is 0 Å². The predicted molar refractivity (Wildman–Crippen MR) is 227 cm³/mol. The van der Waals surface area contributed by atoms with Gasteiger partial charge in [0.25, 0.3) is 0 Å². The van der Waals surface area contributed by atoms with Crippen molar-refractivity contribution in [1.82, 2.24) is 0 Å². The average Bonchev–Trinajstić information content (AvgIpc) is 3.26. The van der Waals surface area contributed by atoms with E-state index in [1.54, 1.807) is 6.92 Å². The molecule has 4 saturated carbocycles. The molecule has 3 heterocycles. The van der Waals surface area contributed by atoms with E-state index in [0.717, 1.165) is 11.9 Å². The molecule has 0 spiro atoms. The zero-order chi connectivity index (χ0) is 49.1. The van der Waals surface area contributed by atoms with Gasteiger partial charge in [-0.1, -0.05) is 53.2 Å². The highest BCUT2D eigenvalue weighted by Crippen LogP contribution is 2.76. The number of aliphatic hydroxyl groups is 9. The van der Waals surface area contributed by atoms with Crippen LogP contribution in [0, 0.1) is 50.2 Å². The first-order valence-corrected chi connectivity index (χ1v) is 23.8. The van der Waals surface area contributed by atoms with Crippen molar-refractivity contribution in [2.75, 3.05) is 13.2 Å². The van der Waals surface area contributed by atoms with Gasteiger partial charge in [-0.05, 0) is 97.2 Å². The molecule has 3 saturated heterocycles. The third-order valence-corrected chi connectivity index (χ3v) is 18.9. The highest BCUT2D eigenvalue weighted by atomic mass is 16.8. The summed E-state index contributed by atoms with van der Waals surface area (Å²) in [5, 5.41) is 118. The lowest BCUT2D eigenvalue weighted by atomic mass is 9.33. The predicted octanol–water partition coefficient (Wildman–Crippen LogP) is -0.413. The number of aldehydes is 1. The SMILES string of the molecule is CC1(C)CC[C@]2(C(=O)O)[C@H](O)C[C@]3(C)C(=CC[C@H]4[C@@]5(C)CC[C@H](O[C@@H]6O[C@H](C(=O)O)[C@@H](O)[C@H](O[C@@H]7OC[C@@H](O)[C@H](O)[C@H]7O)[C@H]6O[C@@H]6O[C@H](CO)[C@H](O)[C@H](O)[C@H]6O)[C@@](C)(C=O)[C@@H]5CC[C@]43C)[C@@H]2C1. The molecule has 0 aromatic carbocycles. The highest BCUT2D eigenvalue weighted by molar-refractivity contribution is 5.78. The first kappa shape index (κ1) is 51.1. The highest BCUT2D eigenvalue weighted by Gasteiger charge is 2.72. The van der Waals surface area contributed by atoms with Gasteiger partial charge in [-0.3, -0.25) is 4.79 Å². The van der Waals surface area contributed by atoms with Crippen molar-refractivity contribution in [1.29, 1.82) is 0 Å². The van der Waals surface area contributed by atoms with Gasteiger partial charge in [-0.15, -0.1) is 0 Å². The Bertz CT molecular complexity index is 1910. The molecule has 0 aromatic rings. The minimum absolute atomic E-state index is 0.0258. The average molecular weight is 957 g/mol. The third-order valence-electron chi connectivity index (χ3n) is 18.9. The first-order valence-electron chi connectivity index (χ1n) is 23.8. The van der Waals surface area contributed by atoms with E-state index in [1.807, 2.05) is 0 Å². The zero-order valence-corrected chi connectivity index (χ0v) is 39.0. The van der Waals surface area contributed by atoms with Crippen molar-refractivity contribution in [2.24, 2.45) is 50.2 Å². The maximum absolute atomic E-state index is 13.8. The molecule has 7 fully saturated rings. The number of rotatable bonds is 10. The van der Waals surface area contributed by atoms with Gasteiger partial charge in [-0.2, -0.15) is 0 Å². The molecule has 0 bridgehead atoms. The lowest BCUT2D eigenvalue weighted by Crippen LogP contribution is -2.69. The van der Waals surface area contributed by atoms with E-state index in [1.165, 1.54) is 0 Å². The van der Waals surface area contributed by atoms with E-state index in [4.69, 9.17) is 28.4 Å². The number of ether oxygens (including phenoxy) is 6. The van der Waals surface area contributed by atoms with Crippen molar-refractivity contribution in [3.63, 3.8) is 0 Å². The smallest absolute Gasteiger partial charge is 0.335 e. The zero-order valence-electron chi connectivity index (χ0n) is 39.0. The number of carboxylic acids is 2. The molecule has 0 aromatic heterocycles. The van der Waals surface area contributed by atoms with Crippen molar-refractivity contribution in [3.8, 4) is 0 Å². The van der Waals surface area contributed by atoms with E-state index in [9.17, 15) is 70.6 Å². The standard InChI is InChI=1S/C47H72O20/c1-42(2)13-14-47(41(60)61)21(15-42)20-7-8-25-43(3)11-10-27(44(4,19-49)24(43)9-12-45(25,5)46(20,6)16-26(47)51)64-40-36(67-39-32(56)30(54)29(53)23(17-48)63-39)34(33(57)35(66-40)37(58)59)65-38-31(55)28(52)22(50)18-62-38/h7,19,21-36,38-40,48,50-57H,8-18H2,1-6H3,(H,58,59)(H,60,61)/t21-,22+,23+,24+,25-,26+,27-,28-,29-,30-,31+,32+,33-,34-,35-,36+,38-,39-,40+,43-,44-,45+,46+,47+/m0/s1. The van der Waals surface area contributed by atoms with Crippen LogP contribution < -0.4 is 0 Å². The van der Waals surface area contributed by atoms with Gasteiger partial charge in [0.15, 0.2) is 25.0 Å². The van der Waals surface area contributed by atoms with Gasteiger partial charge >= 0.3 is 11.9 Å². The monoisotopic (exact) mass is 956 g/mol. The second-order valence-corrected chi connectivity index (χ2v) is 22.8. The van der Waals surface area contributed by atoms with Gasteiger partial charge in [0, 0.05) is 0 Å². The van der Waals surface area contributed by atoms with Crippen LogP contribution in [0.15, 0.2) is 11.6 Å². The fourth-order valence-electron chi connectivity index (χ4n) is 14.8. The Morgan fingerprint density at radius 2 is 1.40 bits per heavy atom. The minimum atomic E-state index is -2.14. The molecule has 0 amide bonds. The minimum Gasteiger partial charge on any atom is -0.481 e. The molecule has 8 aliphatic rings. The van der Waals surface area contributed by atoms with Crippen LogP contribution in [0.2, 0.25) is 0 Å². The second-order valence-electron chi connectivity index (χ2n) is 22.8. The molecule has 20 nitrogen and oxygen atoms in total. The van der Waals surface area contributed by atoms with Crippen LogP contribution in [0.1, 0.15) is 99.3 Å². The Hall–Kier alpha value is -2.25. The van der Waals surface area contributed by atoms with Crippen LogP contribution in [0.4, 0.5) is 0 Å². The summed E-state index contributed by atoms with van der Waals surface area (Å²) < 4.78 is 35.9. The fraction of sp³-hybridized carbons (Fsp3) is 0.894. The maximum atomic E-state index is 13.8. The molecule has 380 valence electrons. The molecule has 0 unspecified atom stereocenters. The summed E-state index contributed by atoms with van der Waals surface area (Å²) in [4.78, 5) is 39.8. The van der Waals surface area contributed by atoms with Gasteiger partial charge in [-0.25, -0.2) is 4.79 Å². The van der Waals surface area contributed by atoms with E-state index in [0.29, 0.717) is 44.9 Å². The van der Waals surface area contributed by atoms with Crippen molar-refractivity contribution in [3.05, 3.63) is 11.6 Å². The lowest BCUT2D eigenvalue weighted by molar-refractivity contribution is -0.391. The second kappa shape index (κ2) is 17.8. The normalized spacial score (nSPS) is 54.0. The van der Waals surface area contributed by atoms with Gasteiger partial charge in [0.2, 0.25) is 0 Å². The van der Waals surface area contributed by atoms with Gasteiger partial charge < -0.3 is 89.4 Å². The van der Waals surface area contributed by atoms with E-state index < -0.39 is 150 Å². The third kappa shape index (κ3) is 7.78. The molecule has 5 aliphatic carbocycles. The molecule has 8 rings (SSSR count). The number of carboxylic acid groups (broad SMARTS) is 2. The molecule has 20 heteroatoms. The number of aliphatic carboxylic acids is 2. The summed E-state index contributed by atoms with van der Waals surface area (Å²) in [6.07, 6.45) is -20.5. The molecule has 3 aliphatic heterocycles. The molecule has 67 heavy (non-hydrogen) atoms. The molecular weight excluding hydrogens is 884 g/mol. The van der Waals surface area contributed by atoms with Gasteiger partial charge in [0.1, 0.15) is 72.7 Å². The number of carbonyl (C=O) groups is 3. The van der Waals surface area contributed by atoms with Crippen molar-refractivity contribution >= 4 is 18.2 Å². The van der Waals surface area contributed by atoms with Crippen LogP contribution in [0.5, 0.6) is 0 Å². The Labute approximate surface area is 389 Å². The number of allylic oxidation sites excluding steroid dienone is 2. The fourth-order valence-corrected chi connectivity index (χ4v) is 14.8. The van der Waals surface area contributed by atoms with Crippen molar-refractivity contribution in [2.45, 2.75) is 198 Å². The summed E-state index contributed by atoms with van der Waals surface area (Å²) >= 11 is 0. The molecule has 11 N–H and O–H groups in total. The van der Waals surface area contributed by atoms with Crippen molar-refractivity contribution < 1.29 is 99.0 Å². The topological polar surface area (TPSA) is 329 Å². The van der Waals surface area contributed by atoms with Crippen LogP contribution in [-0.2, 0) is 42.8 Å². The van der Waals surface area contributed by atoms with Crippen LogP contribution in [-0.4, -0.2) is 186 Å². The number of hydrogen-bond donors (Lipinski definition) is 11. The van der Waals surface area contributed by atoms with E-state index >= 15 is 0 Å². The van der Waals surface area contributed by atoms with E-state index in [2.05, 4.69) is 40.7 Å². The van der Waals surface area contributed by atoms with Crippen LogP contribution >= 0.6 is 0 Å². The lowest BCUT2D eigenvalue weighted by Gasteiger charge is -2.71. The molecule has 24 atom stereocenters. The Balaban J connectivity index is 1.13. The Kier molecular flexibility index (Phi) is 13.6. The Morgan fingerprint density at radius 1 is 0.731 bits per heavy atom. The summed E-state index contributed by atoms with van der Waals surface area (Å²) in [6.45, 7) is 11.3. The van der Waals surface area contributed by atoms with Gasteiger partial charge in [0.05, 0.1) is 30.8 Å². The summed E-state index contributed by atoms with van der Waals surface area (Å²) in [5.41, 5.74) is -3.10. The molecule has 0 radical (unpaired) electrons. The quantitative estimate of drug-likeness (QED) is 0.0753. The summed E-state index contributed by atoms with van der Waals surface area (Å²) in [7, 11) is 0. The molecular formula is C47H72O20.